The molecule has 2 amide bonds. The lowest BCUT2D eigenvalue weighted by Gasteiger charge is -2.24. The molecule has 18 heavy (non-hydrogen) atoms. The Labute approximate surface area is 104 Å². The number of carbonyl (C=O) groups excluding carboxylic acids is 2. The molecule has 0 fully saturated rings. The molecule has 0 aliphatic carbocycles. The summed E-state index contributed by atoms with van der Waals surface area (Å²) in [5.74, 6) is 0. The third-order valence-electron chi connectivity index (χ3n) is 2.47. The van der Waals surface area contributed by atoms with Crippen molar-refractivity contribution >= 4 is 12.3 Å². The zero-order valence-electron chi connectivity index (χ0n) is 9.94. The molecule has 7 heteroatoms. The fourth-order valence-electron chi connectivity index (χ4n) is 1.57. The van der Waals surface area contributed by atoms with Crippen LogP contribution in [0.5, 0.6) is 0 Å². The van der Waals surface area contributed by atoms with Gasteiger partial charge in [-0.3, -0.25) is 9.69 Å². The highest BCUT2D eigenvalue weighted by molar-refractivity contribution is 5.76. The van der Waals surface area contributed by atoms with Crippen LogP contribution in [-0.4, -0.2) is 60.0 Å². The van der Waals surface area contributed by atoms with Crippen LogP contribution in [0.15, 0.2) is 23.9 Å². The largest absolute Gasteiger partial charge is 0.393 e. The lowest BCUT2D eigenvalue weighted by molar-refractivity contribution is -0.104. The first kappa shape index (κ1) is 14.4. The topological polar surface area (TPSA) is 99.1 Å². The van der Waals surface area contributed by atoms with E-state index in [-0.39, 0.29) is 13.2 Å². The van der Waals surface area contributed by atoms with Gasteiger partial charge in [0.2, 0.25) is 0 Å². The zero-order chi connectivity index (χ0) is 13.5. The number of hydrogen-bond donors (Lipinski definition) is 3. The first-order valence-corrected chi connectivity index (χ1v) is 5.37. The Morgan fingerprint density at radius 2 is 2.33 bits per heavy atom. The van der Waals surface area contributed by atoms with E-state index in [1.165, 1.54) is 19.3 Å². The normalized spacial score (nSPS) is 22.9. The molecule has 0 unspecified atom stereocenters. The van der Waals surface area contributed by atoms with Crippen LogP contribution in [0.2, 0.25) is 0 Å². The average molecular weight is 256 g/mol. The van der Waals surface area contributed by atoms with Crippen molar-refractivity contribution in [3.63, 3.8) is 0 Å². The summed E-state index contributed by atoms with van der Waals surface area (Å²) in [6.45, 7) is -0.553. The van der Waals surface area contributed by atoms with Crippen molar-refractivity contribution in [3.05, 3.63) is 23.9 Å². The predicted molar refractivity (Wildman–Crippen MR) is 62.4 cm³/mol. The van der Waals surface area contributed by atoms with Crippen LogP contribution in [0.4, 0.5) is 4.79 Å². The number of hydrogen-bond acceptors (Lipinski definition) is 5. The SMILES string of the molecule is CNC(=O)N(/C=C\C=O)[C@H]1C=C(CO)[C@@H](CO)O1. The second-order valence-corrected chi connectivity index (χ2v) is 3.54. The van der Waals surface area contributed by atoms with Gasteiger partial charge in [0.15, 0.2) is 6.23 Å². The van der Waals surface area contributed by atoms with E-state index in [2.05, 4.69) is 5.32 Å². The molecular weight excluding hydrogens is 240 g/mol. The van der Waals surface area contributed by atoms with Crippen molar-refractivity contribution < 1.29 is 24.5 Å². The molecule has 100 valence electrons. The lowest BCUT2D eigenvalue weighted by atomic mass is 10.2. The monoisotopic (exact) mass is 256 g/mol. The molecule has 1 heterocycles. The van der Waals surface area contributed by atoms with Gasteiger partial charge in [-0.2, -0.15) is 0 Å². The number of amides is 2. The molecule has 1 aliphatic rings. The minimum atomic E-state index is -0.763. The molecule has 0 aromatic heterocycles. The van der Waals surface area contributed by atoms with Crippen molar-refractivity contribution in [3.8, 4) is 0 Å². The quantitative estimate of drug-likeness (QED) is 0.332. The molecule has 0 aromatic carbocycles. The number of nitrogens with one attached hydrogen (secondary N) is 1. The van der Waals surface area contributed by atoms with Crippen LogP contribution in [-0.2, 0) is 9.53 Å². The van der Waals surface area contributed by atoms with Gasteiger partial charge in [-0.05, 0) is 17.7 Å². The second-order valence-electron chi connectivity index (χ2n) is 3.54. The Morgan fingerprint density at radius 1 is 1.61 bits per heavy atom. The highest BCUT2D eigenvalue weighted by atomic mass is 16.5. The summed E-state index contributed by atoms with van der Waals surface area (Å²) in [6.07, 6.45) is 3.08. The zero-order valence-corrected chi connectivity index (χ0v) is 9.94. The summed E-state index contributed by atoms with van der Waals surface area (Å²) in [5.41, 5.74) is 0.496. The minimum absolute atomic E-state index is 0.263. The maximum atomic E-state index is 11.6. The van der Waals surface area contributed by atoms with E-state index in [1.807, 2.05) is 0 Å². The highest BCUT2D eigenvalue weighted by Gasteiger charge is 2.31. The van der Waals surface area contributed by atoms with Gasteiger partial charge in [0.05, 0.1) is 13.2 Å². The van der Waals surface area contributed by atoms with Gasteiger partial charge < -0.3 is 20.3 Å². The number of carbonyl (C=O) groups is 2. The highest BCUT2D eigenvalue weighted by Crippen LogP contribution is 2.22. The van der Waals surface area contributed by atoms with Gasteiger partial charge in [-0.25, -0.2) is 4.79 Å². The van der Waals surface area contributed by atoms with Crippen LogP contribution >= 0.6 is 0 Å². The smallest absolute Gasteiger partial charge is 0.323 e. The number of ether oxygens (including phenoxy) is 1. The molecule has 1 aliphatic heterocycles. The average Bonchev–Trinajstić information content (AvgIpc) is 2.81. The molecular formula is C11H16N2O5. The molecule has 0 saturated carbocycles. The van der Waals surface area contributed by atoms with Gasteiger partial charge in [0, 0.05) is 13.2 Å². The van der Waals surface area contributed by atoms with E-state index in [0.29, 0.717) is 11.9 Å². The van der Waals surface area contributed by atoms with Crippen molar-refractivity contribution in [2.75, 3.05) is 20.3 Å². The van der Waals surface area contributed by atoms with Crippen molar-refractivity contribution in [1.29, 1.82) is 0 Å². The summed E-state index contributed by atoms with van der Waals surface area (Å²) >= 11 is 0. The van der Waals surface area contributed by atoms with E-state index >= 15 is 0 Å². The van der Waals surface area contributed by atoms with Crippen molar-refractivity contribution in [2.24, 2.45) is 0 Å². The number of allylic oxidation sites excluding steroid dienone is 1. The molecule has 0 aromatic rings. The first-order valence-electron chi connectivity index (χ1n) is 5.37. The first-order chi connectivity index (χ1) is 8.67. The number of aliphatic hydroxyl groups excluding tert-OH is 2. The third-order valence-corrected chi connectivity index (χ3v) is 2.47. The minimum Gasteiger partial charge on any atom is -0.393 e. The Kier molecular flexibility index (Phi) is 5.50. The van der Waals surface area contributed by atoms with E-state index in [1.54, 1.807) is 0 Å². The summed E-state index contributed by atoms with van der Waals surface area (Å²) in [5, 5.41) is 20.6. The summed E-state index contributed by atoms with van der Waals surface area (Å²) in [6, 6.07) is -0.467. The van der Waals surface area contributed by atoms with E-state index in [0.717, 1.165) is 11.0 Å². The van der Waals surface area contributed by atoms with Crippen LogP contribution in [0.1, 0.15) is 0 Å². The van der Waals surface area contributed by atoms with Crippen molar-refractivity contribution in [1.82, 2.24) is 10.2 Å². The number of aldehydes is 1. The van der Waals surface area contributed by atoms with Crippen LogP contribution in [0.3, 0.4) is 0 Å². The second kappa shape index (κ2) is 6.90. The molecule has 0 spiro atoms. The molecule has 2 atom stereocenters. The standard InChI is InChI=1S/C11H16N2O5/c1-12-11(17)13(3-2-4-14)10-5-8(6-15)9(7-16)18-10/h2-5,9-10,15-16H,6-7H2,1H3,(H,12,17)/b3-2-/t9-,10-/m1/s1. The molecule has 0 radical (unpaired) electrons. The molecule has 0 bridgehead atoms. The van der Waals surface area contributed by atoms with Gasteiger partial charge in [-0.1, -0.05) is 0 Å². The Hall–Kier alpha value is -1.70. The van der Waals surface area contributed by atoms with Crippen molar-refractivity contribution in [2.45, 2.75) is 12.3 Å². The van der Waals surface area contributed by atoms with E-state index in [9.17, 15) is 9.59 Å². The predicted octanol–water partition coefficient (Wildman–Crippen LogP) is -1.02. The summed E-state index contributed by atoms with van der Waals surface area (Å²) in [7, 11) is 1.44. The number of urea groups is 1. The van der Waals surface area contributed by atoms with Crippen LogP contribution < -0.4 is 5.32 Å². The summed E-state index contributed by atoms with van der Waals surface area (Å²) < 4.78 is 5.39. The molecule has 1 rings (SSSR count). The van der Waals surface area contributed by atoms with E-state index in [4.69, 9.17) is 14.9 Å². The van der Waals surface area contributed by atoms with Gasteiger partial charge in [0.1, 0.15) is 12.4 Å². The lowest BCUT2D eigenvalue weighted by Crippen LogP contribution is -2.41. The van der Waals surface area contributed by atoms with Gasteiger partial charge in [-0.15, -0.1) is 0 Å². The fourth-order valence-corrected chi connectivity index (χ4v) is 1.57. The maximum Gasteiger partial charge on any atom is 0.323 e. The number of aliphatic hydroxyl groups is 2. The Bertz CT molecular complexity index is 366. The van der Waals surface area contributed by atoms with Gasteiger partial charge in [0.25, 0.3) is 0 Å². The van der Waals surface area contributed by atoms with Crippen LogP contribution in [0.25, 0.3) is 0 Å². The van der Waals surface area contributed by atoms with Crippen LogP contribution in [0, 0.1) is 0 Å². The fraction of sp³-hybridized carbons (Fsp3) is 0.455. The number of rotatable bonds is 5. The molecule has 3 N–H and O–H groups in total. The Balaban J connectivity index is 2.88. The summed E-state index contributed by atoms with van der Waals surface area (Å²) in [4.78, 5) is 23.1. The Morgan fingerprint density at radius 3 is 2.78 bits per heavy atom. The molecule has 7 nitrogen and oxygen atoms in total. The molecule has 0 saturated heterocycles. The van der Waals surface area contributed by atoms with E-state index < -0.39 is 18.4 Å². The third kappa shape index (κ3) is 3.16. The number of nitrogens with zero attached hydrogens (tertiary/aromatic N) is 1. The maximum absolute atomic E-state index is 11.6. The van der Waals surface area contributed by atoms with Gasteiger partial charge >= 0.3 is 6.03 Å².